The first-order valence-corrected chi connectivity index (χ1v) is 11.3. The average molecular weight is 578 g/mol. The Balaban J connectivity index is 0.000000572. The van der Waals surface area contributed by atoms with E-state index in [2.05, 4.69) is 26.2 Å². The zero-order valence-electron chi connectivity index (χ0n) is 18.7. The van der Waals surface area contributed by atoms with E-state index in [1.54, 1.807) is 41.6 Å². The minimum atomic E-state index is -5.08. The molecule has 2 amide bonds. The number of rotatable bonds is 6. The number of hydrogen-bond donors (Lipinski definition) is 3. The maximum atomic E-state index is 12.4. The van der Waals surface area contributed by atoms with E-state index in [1.807, 2.05) is 12.1 Å². The molecule has 10 nitrogen and oxygen atoms in total. The van der Waals surface area contributed by atoms with Crippen molar-refractivity contribution in [1.29, 1.82) is 0 Å². The van der Waals surface area contributed by atoms with Crippen LogP contribution in [0, 0.1) is 0 Å². The highest BCUT2D eigenvalue weighted by molar-refractivity contribution is 9.10. The van der Waals surface area contributed by atoms with Gasteiger partial charge in [-0.1, -0.05) is 15.9 Å². The minimum absolute atomic E-state index is 0.120. The molecule has 0 spiro atoms. The number of aliphatic hydroxyl groups excluding tert-OH is 1. The molecule has 36 heavy (non-hydrogen) atoms. The Bertz CT molecular complexity index is 1000. The Hall–Kier alpha value is -3.39. The average Bonchev–Trinajstić information content (AvgIpc) is 2.84. The van der Waals surface area contributed by atoms with E-state index in [-0.39, 0.29) is 18.6 Å². The molecule has 1 aliphatic heterocycles. The van der Waals surface area contributed by atoms with E-state index in [0.717, 1.165) is 4.47 Å². The number of likely N-dealkylation sites (tertiary alicyclic amines) is 1. The fourth-order valence-corrected chi connectivity index (χ4v) is 3.18. The molecule has 0 unspecified atom stereocenters. The van der Waals surface area contributed by atoms with Crippen LogP contribution in [-0.2, 0) is 14.3 Å². The van der Waals surface area contributed by atoms with E-state index in [0.29, 0.717) is 37.4 Å². The van der Waals surface area contributed by atoms with E-state index in [9.17, 15) is 27.9 Å². The largest absolute Gasteiger partial charge is 0.490 e. The number of carbonyl (C=O) groups excluding carboxylic acids is 2. The molecule has 1 aromatic carbocycles. The first-order chi connectivity index (χ1) is 17.0. The number of benzene rings is 1. The molecule has 0 aliphatic carbocycles. The van der Waals surface area contributed by atoms with E-state index in [4.69, 9.17) is 19.4 Å². The van der Waals surface area contributed by atoms with Crippen LogP contribution in [0.5, 0.6) is 5.75 Å². The van der Waals surface area contributed by atoms with E-state index < -0.39 is 24.3 Å². The second kappa shape index (κ2) is 13.6. The lowest BCUT2D eigenvalue weighted by Crippen LogP contribution is -2.47. The van der Waals surface area contributed by atoms with Gasteiger partial charge in [-0.15, -0.1) is 0 Å². The lowest BCUT2D eigenvalue weighted by atomic mass is 10.1. The standard InChI is InChI=1S/C20H22BrN3O5.C2HF3O2/c21-14-1-3-16(4-2-14)28-13-18(25)19(26)24-11-7-17(8-12-24)29-20(27)23-15-5-9-22-10-6-15;3-2(4,5)1(6)7/h1-6,9-10,17-18,25H,7-8,11-13H2,(H,22,23,27);(H,6,7)/t18-;/m0./s1. The zero-order chi connectivity index (χ0) is 26.7. The lowest BCUT2D eigenvalue weighted by molar-refractivity contribution is -0.192. The summed E-state index contributed by atoms with van der Waals surface area (Å²) in [5.74, 6) is -2.57. The number of amides is 2. The van der Waals surface area contributed by atoms with Gasteiger partial charge in [0.05, 0.1) is 0 Å². The van der Waals surface area contributed by atoms with Gasteiger partial charge < -0.3 is 24.6 Å². The van der Waals surface area contributed by atoms with Crippen molar-refractivity contribution in [3.8, 4) is 5.75 Å². The second-order valence-electron chi connectivity index (χ2n) is 7.37. The number of nitrogens with one attached hydrogen (secondary N) is 1. The first-order valence-electron chi connectivity index (χ1n) is 10.5. The highest BCUT2D eigenvalue weighted by Gasteiger charge is 2.38. The van der Waals surface area contributed by atoms with Crippen LogP contribution >= 0.6 is 15.9 Å². The number of carbonyl (C=O) groups is 3. The van der Waals surface area contributed by atoms with Crippen LogP contribution in [-0.4, -0.2) is 76.1 Å². The number of alkyl halides is 3. The van der Waals surface area contributed by atoms with Crippen molar-refractivity contribution in [3.63, 3.8) is 0 Å². The van der Waals surface area contributed by atoms with Crippen LogP contribution in [0.2, 0.25) is 0 Å². The van der Waals surface area contributed by atoms with Gasteiger partial charge in [-0.3, -0.25) is 15.1 Å². The molecule has 3 rings (SSSR count). The summed E-state index contributed by atoms with van der Waals surface area (Å²) >= 11 is 3.33. The molecule has 2 aromatic rings. The van der Waals surface area contributed by atoms with Crippen molar-refractivity contribution >= 4 is 39.6 Å². The smallest absolute Gasteiger partial charge is 0.490 e. The van der Waals surface area contributed by atoms with Crippen LogP contribution < -0.4 is 10.1 Å². The Morgan fingerprint density at radius 2 is 1.67 bits per heavy atom. The van der Waals surface area contributed by atoms with Crippen molar-refractivity contribution in [1.82, 2.24) is 9.88 Å². The number of anilines is 1. The Morgan fingerprint density at radius 1 is 1.11 bits per heavy atom. The number of hydrogen-bond acceptors (Lipinski definition) is 7. The topological polar surface area (TPSA) is 138 Å². The summed E-state index contributed by atoms with van der Waals surface area (Å²) < 4.78 is 43.5. The molecular weight excluding hydrogens is 555 g/mol. The number of nitrogens with zero attached hydrogens (tertiary/aromatic N) is 2. The van der Waals surface area contributed by atoms with Crippen LogP contribution in [0.15, 0.2) is 53.3 Å². The van der Waals surface area contributed by atoms with Gasteiger partial charge in [0.1, 0.15) is 18.5 Å². The zero-order valence-corrected chi connectivity index (χ0v) is 20.2. The van der Waals surface area contributed by atoms with Crippen molar-refractivity contribution in [3.05, 3.63) is 53.3 Å². The Kier molecular flexibility index (Phi) is 10.9. The van der Waals surface area contributed by atoms with Gasteiger partial charge in [0.2, 0.25) is 0 Å². The summed E-state index contributed by atoms with van der Waals surface area (Å²) in [4.78, 5) is 38.7. The molecular formula is C22H23BrF3N3O7. The molecule has 196 valence electrons. The number of halogens is 4. The fourth-order valence-electron chi connectivity index (χ4n) is 2.92. The van der Waals surface area contributed by atoms with Crippen molar-refractivity contribution in [2.24, 2.45) is 0 Å². The van der Waals surface area contributed by atoms with E-state index >= 15 is 0 Å². The quantitative estimate of drug-likeness (QED) is 0.474. The highest BCUT2D eigenvalue weighted by Crippen LogP contribution is 2.18. The number of pyridine rings is 1. The number of aromatic nitrogens is 1. The summed E-state index contributed by atoms with van der Waals surface area (Å²) in [6, 6.07) is 10.5. The Morgan fingerprint density at radius 3 is 2.19 bits per heavy atom. The fraction of sp³-hybridized carbons (Fsp3) is 0.364. The summed E-state index contributed by atoms with van der Waals surface area (Å²) in [5, 5.41) is 19.9. The third-order valence-corrected chi connectivity index (χ3v) is 5.23. The van der Waals surface area contributed by atoms with Gasteiger partial charge in [-0.05, 0) is 36.4 Å². The van der Waals surface area contributed by atoms with Crippen LogP contribution in [0.4, 0.5) is 23.7 Å². The minimum Gasteiger partial charge on any atom is -0.490 e. The normalized spacial score (nSPS) is 14.6. The third-order valence-electron chi connectivity index (χ3n) is 4.70. The molecule has 0 saturated carbocycles. The predicted molar refractivity (Wildman–Crippen MR) is 123 cm³/mol. The van der Waals surface area contributed by atoms with Gasteiger partial charge >= 0.3 is 18.2 Å². The molecule has 2 heterocycles. The maximum absolute atomic E-state index is 12.4. The molecule has 3 N–H and O–H groups in total. The molecule has 1 aliphatic rings. The predicted octanol–water partition coefficient (Wildman–Crippen LogP) is 3.46. The first kappa shape index (κ1) is 28.8. The molecule has 14 heteroatoms. The number of carboxylic acids is 1. The monoisotopic (exact) mass is 577 g/mol. The van der Waals surface area contributed by atoms with Crippen molar-refractivity contribution < 1.29 is 47.2 Å². The maximum Gasteiger partial charge on any atom is 0.490 e. The van der Waals surface area contributed by atoms with Gasteiger partial charge in [0, 0.05) is 48.5 Å². The number of aliphatic carboxylic acids is 1. The molecule has 0 bridgehead atoms. The van der Waals surface area contributed by atoms with Gasteiger partial charge in [0.25, 0.3) is 5.91 Å². The molecule has 0 radical (unpaired) electrons. The second-order valence-corrected chi connectivity index (χ2v) is 8.29. The SMILES string of the molecule is O=C(Nc1ccncc1)OC1CCN(C(=O)[C@@H](O)COc2ccc(Br)cc2)CC1.O=C(O)C(F)(F)F. The van der Waals surface area contributed by atoms with Crippen LogP contribution in [0.3, 0.4) is 0 Å². The highest BCUT2D eigenvalue weighted by atomic mass is 79.9. The molecule has 1 fully saturated rings. The van der Waals surface area contributed by atoms with E-state index in [1.165, 1.54) is 0 Å². The van der Waals surface area contributed by atoms with Crippen LogP contribution in [0.1, 0.15) is 12.8 Å². The molecule has 1 atom stereocenters. The van der Waals surface area contributed by atoms with Gasteiger partial charge in [0.15, 0.2) is 6.10 Å². The molecule has 1 saturated heterocycles. The number of aliphatic hydroxyl groups is 1. The lowest BCUT2D eigenvalue weighted by Gasteiger charge is -2.32. The summed E-state index contributed by atoms with van der Waals surface area (Å²) in [7, 11) is 0. The van der Waals surface area contributed by atoms with Crippen molar-refractivity contribution in [2.45, 2.75) is 31.2 Å². The summed E-state index contributed by atoms with van der Waals surface area (Å²) in [6.45, 7) is 0.688. The summed E-state index contributed by atoms with van der Waals surface area (Å²) in [5.41, 5.74) is 0.603. The molecule has 1 aromatic heterocycles. The summed E-state index contributed by atoms with van der Waals surface area (Å²) in [6.07, 6.45) is -2.98. The van der Waals surface area contributed by atoms with Gasteiger partial charge in [-0.25, -0.2) is 9.59 Å². The number of carboxylic acid groups (broad SMARTS) is 1. The van der Waals surface area contributed by atoms with Gasteiger partial charge in [-0.2, -0.15) is 13.2 Å². The van der Waals surface area contributed by atoms with Crippen molar-refractivity contribution in [2.75, 3.05) is 25.0 Å². The Labute approximate surface area is 212 Å². The van der Waals surface area contributed by atoms with Crippen LogP contribution in [0.25, 0.3) is 0 Å². The number of piperidine rings is 1. The third kappa shape index (κ3) is 10.1. The number of ether oxygens (including phenoxy) is 2.